The molecule has 5 aromatic rings. The number of hydrogen-bond acceptors (Lipinski definition) is 5. The van der Waals surface area contributed by atoms with Crippen LogP contribution in [-0.4, -0.2) is 15.9 Å². The summed E-state index contributed by atoms with van der Waals surface area (Å²) in [6.45, 7) is 2.38. The van der Waals surface area contributed by atoms with Crippen molar-refractivity contribution in [3.63, 3.8) is 0 Å². The van der Waals surface area contributed by atoms with E-state index in [0.717, 1.165) is 44.7 Å². The van der Waals surface area contributed by atoms with Gasteiger partial charge in [-0.3, -0.25) is 4.79 Å². The number of hydrogen-bond donors (Lipinski definition) is 3. The highest BCUT2D eigenvalue weighted by atomic mass is 16.1. The lowest BCUT2D eigenvalue weighted by Crippen LogP contribution is -2.13. The normalized spacial score (nSPS) is 10.8. The van der Waals surface area contributed by atoms with Crippen LogP contribution in [0.3, 0.4) is 0 Å². The molecule has 172 valence electrons. The van der Waals surface area contributed by atoms with E-state index < -0.39 is 0 Å². The van der Waals surface area contributed by atoms with Gasteiger partial charge < -0.3 is 16.4 Å². The van der Waals surface area contributed by atoms with Crippen molar-refractivity contribution in [3.8, 4) is 11.3 Å². The Hall–Kier alpha value is -4.55. The van der Waals surface area contributed by atoms with Crippen molar-refractivity contribution < 1.29 is 4.79 Å². The van der Waals surface area contributed by atoms with Crippen LogP contribution in [0, 0.1) is 6.92 Å². The fourth-order valence-corrected chi connectivity index (χ4v) is 3.91. The van der Waals surface area contributed by atoms with Crippen LogP contribution >= 0.6 is 0 Å². The fourth-order valence-electron chi connectivity index (χ4n) is 3.91. The molecular formula is C29H25N5O. The average Bonchev–Trinajstić information content (AvgIpc) is 2.90. The van der Waals surface area contributed by atoms with Gasteiger partial charge in [-0.15, -0.1) is 0 Å². The fraction of sp³-hybridized carbons (Fsp3) is 0.0690. The predicted molar refractivity (Wildman–Crippen MR) is 142 cm³/mol. The topological polar surface area (TPSA) is 92.9 Å². The number of aromatic nitrogens is 2. The first-order valence-electron chi connectivity index (χ1n) is 11.4. The van der Waals surface area contributed by atoms with Gasteiger partial charge in [-0.2, -0.15) is 0 Å². The van der Waals surface area contributed by atoms with Crippen LogP contribution in [-0.2, 0) is 6.54 Å². The minimum absolute atomic E-state index is 0.179. The molecule has 4 aromatic carbocycles. The average molecular weight is 460 g/mol. The molecule has 0 atom stereocenters. The first-order valence-corrected chi connectivity index (χ1v) is 11.4. The minimum Gasteiger partial charge on any atom is -0.326 e. The largest absolute Gasteiger partial charge is 0.326 e. The molecule has 0 aliphatic rings. The summed E-state index contributed by atoms with van der Waals surface area (Å²) in [4.78, 5) is 22.3. The molecule has 6 nitrogen and oxygen atoms in total. The van der Waals surface area contributed by atoms with E-state index in [4.69, 9.17) is 10.7 Å². The summed E-state index contributed by atoms with van der Waals surface area (Å²) in [6.07, 6.45) is 0. The third-order valence-electron chi connectivity index (χ3n) is 5.84. The van der Waals surface area contributed by atoms with Gasteiger partial charge in [0.05, 0.1) is 11.2 Å². The van der Waals surface area contributed by atoms with Crippen LogP contribution in [0.25, 0.3) is 22.2 Å². The smallest absolute Gasteiger partial charge is 0.255 e. The quantitative estimate of drug-likeness (QED) is 0.287. The Labute approximate surface area is 203 Å². The first-order chi connectivity index (χ1) is 17.1. The summed E-state index contributed by atoms with van der Waals surface area (Å²) in [5, 5.41) is 7.25. The molecule has 0 aliphatic heterocycles. The lowest BCUT2D eigenvalue weighted by atomic mass is 10.1. The van der Waals surface area contributed by atoms with Crippen LogP contribution in [0.2, 0.25) is 0 Å². The Kier molecular flexibility index (Phi) is 6.20. The second kappa shape index (κ2) is 9.75. The van der Waals surface area contributed by atoms with E-state index in [1.54, 1.807) is 12.1 Å². The van der Waals surface area contributed by atoms with Crippen molar-refractivity contribution in [2.75, 3.05) is 10.6 Å². The molecule has 4 N–H and O–H groups in total. The van der Waals surface area contributed by atoms with E-state index >= 15 is 0 Å². The van der Waals surface area contributed by atoms with Gasteiger partial charge in [0.2, 0.25) is 5.95 Å². The molecule has 0 unspecified atom stereocenters. The molecule has 0 bridgehead atoms. The van der Waals surface area contributed by atoms with Gasteiger partial charge in [-0.1, -0.05) is 60.7 Å². The number of para-hydroxylation sites is 1. The maximum atomic E-state index is 12.8. The SMILES string of the molecule is Cc1ccc(CN)cc1NC(=O)c1ccc(Nc2nc(-c3ccccc3)c3ccccc3n2)cc1. The molecule has 0 radical (unpaired) electrons. The maximum absolute atomic E-state index is 12.8. The van der Waals surface area contributed by atoms with Gasteiger partial charge >= 0.3 is 0 Å². The maximum Gasteiger partial charge on any atom is 0.255 e. The summed E-state index contributed by atoms with van der Waals surface area (Å²) in [6, 6.07) is 31.1. The van der Waals surface area contributed by atoms with Crippen molar-refractivity contribution in [1.29, 1.82) is 0 Å². The number of carbonyl (C=O) groups excluding carboxylic acids is 1. The molecule has 5 rings (SSSR count). The Balaban J connectivity index is 1.38. The van der Waals surface area contributed by atoms with E-state index in [-0.39, 0.29) is 5.91 Å². The molecule has 1 amide bonds. The van der Waals surface area contributed by atoms with E-state index in [1.165, 1.54) is 0 Å². The summed E-state index contributed by atoms with van der Waals surface area (Å²) < 4.78 is 0. The molecule has 0 saturated carbocycles. The predicted octanol–water partition coefficient (Wildman–Crippen LogP) is 6.06. The van der Waals surface area contributed by atoms with Crippen LogP contribution in [0.4, 0.5) is 17.3 Å². The second-order valence-electron chi connectivity index (χ2n) is 8.29. The molecule has 0 spiro atoms. The van der Waals surface area contributed by atoms with Crippen LogP contribution < -0.4 is 16.4 Å². The monoisotopic (exact) mass is 459 g/mol. The Morgan fingerprint density at radius 1 is 0.857 bits per heavy atom. The molecule has 35 heavy (non-hydrogen) atoms. The Morgan fingerprint density at radius 3 is 2.37 bits per heavy atom. The number of nitrogens with two attached hydrogens (primary N) is 1. The second-order valence-corrected chi connectivity index (χ2v) is 8.29. The zero-order valence-corrected chi connectivity index (χ0v) is 19.3. The number of nitrogens with one attached hydrogen (secondary N) is 2. The highest BCUT2D eigenvalue weighted by Crippen LogP contribution is 2.28. The highest BCUT2D eigenvalue weighted by Gasteiger charge is 2.11. The molecule has 0 aliphatic carbocycles. The lowest BCUT2D eigenvalue weighted by molar-refractivity contribution is 0.102. The van der Waals surface area contributed by atoms with E-state index in [1.807, 2.05) is 91.9 Å². The molecular weight excluding hydrogens is 434 g/mol. The molecule has 1 heterocycles. The first kappa shape index (κ1) is 22.3. The van der Waals surface area contributed by atoms with Crippen LogP contribution in [0.1, 0.15) is 21.5 Å². The summed E-state index contributed by atoms with van der Waals surface area (Å²) in [5.74, 6) is 0.316. The molecule has 1 aromatic heterocycles. The summed E-state index contributed by atoms with van der Waals surface area (Å²) in [7, 11) is 0. The Morgan fingerprint density at radius 2 is 1.60 bits per heavy atom. The van der Waals surface area contributed by atoms with E-state index in [0.29, 0.717) is 18.1 Å². The van der Waals surface area contributed by atoms with E-state index in [9.17, 15) is 4.79 Å². The van der Waals surface area contributed by atoms with Crippen LogP contribution in [0.5, 0.6) is 0 Å². The minimum atomic E-state index is -0.179. The molecule has 0 saturated heterocycles. The van der Waals surface area contributed by atoms with Gasteiger partial charge in [-0.05, 0) is 54.4 Å². The zero-order chi connectivity index (χ0) is 24.2. The van der Waals surface area contributed by atoms with E-state index in [2.05, 4.69) is 15.6 Å². The van der Waals surface area contributed by atoms with Gasteiger partial charge in [-0.25, -0.2) is 9.97 Å². The van der Waals surface area contributed by atoms with Crippen molar-refractivity contribution in [2.45, 2.75) is 13.5 Å². The van der Waals surface area contributed by atoms with Crippen molar-refractivity contribution in [1.82, 2.24) is 9.97 Å². The standard InChI is InChI=1S/C29H25N5O/c1-19-11-12-20(18-30)17-26(19)32-28(35)22-13-15-23(16-14-22)31-29-33-25-10-6-5-9-24(25)27(34-29)21-7-3-2-4-8-21/h2-17H,18,30H2,1H3,(H,32,35)(H,31,33,34). The number of aryl methyl sites for hydroxylation is 1. The van der Waals surface area contributed by atoms with Gasteiger partial charge in [0, 0.05) is 34.4 Å². The number of nitrogens with zero attached hydrogens (tertiary/aromatic N) is 2. The number of amides is 1. The van der Waals surface area contributed by atoms with Crippen LogP contribution in [0.15, 0.2) is 97.1 Å². The van der Waals surface area contributed by atoms with Crippen molar-refractivity contribution >= 4 is 34.1 Å². The number of carbonyl (C=O) groups is 1. The molecule has 6 heteroatoms. The van der Waals surface area contributed by atoms with Gasteiger partial charge in [0.15, 0.2) is 0 Å². The molecule has 0 fully saturated rings. The lowest BCUT2D eigenvalue weighted by Gasteiger charge is -2.12. The number of anilines is 3. The summed E-state index contributed by atoms with van der Waals surface area (Å²) in [5.41, 5.74) is 12.5. The van der Waals surface area contributed by atoms with Gasteiger partial charge in [0.1, 0.15) is 0 Å². The number of fused-ring (bicyclic) bond motifs is 1. The van der Waals surface area contributed by atoms with Gasteiger partial charge in [0.25, 0.3) is 5.91 Å². The number of rotatable bonds is 6. The third-order valence-corrected chi connectivity index (χ3v) is 5.84. The van der Waals surface area contributed by atoms with Crippen molar-refractivity contribution in [2.24, 2.45) is 5.73 Å². The highest BCUT2D eigenvalue weighted by molar-refractivity contribution is 6.05. The zero-order valence-electron chi connectivity index (χ0n) is 19.3. The number of benzene rings is 4. The van der Waals surface area contributed by atoms with Crippen molar-refractivity contribution in [3.05, 3.63) is 114 Å². The third kappa shape index (κ3) is 4.88. The summed E-state index contributed by atoms with van der Waals surface area (Å²) >= 11 is 0. The Bertz CT molecular complexity index is 1500.